The average Bonchev–Trinajstić information content (AvgIpc) is 2.94. The Hall–Kier alpha value is -2.53. The van der Waals surface area contributed by atoms with Gasteiger partial charge in [0, 0.05) is 17.3 Å². The highest BCUT2D eigenvalue weighted by molar-refractivity contribution is 5.75. The maximum absolute atomic E-state index is 11.3. The third kappa shape index (κ3) is 2.40. The van der Waals surface area contributed by atoms with Crippen molar-refractivity contribution in [3.05, 3.63) is 58.6 Å². The van der Waals surface area contributed by atoms with E-state index in [1.807, 2.05) is 24.3 Å². The van der Waals surface area contributed by atoms with E-state index in [4.69, 9.17) is 0 Å². The van der Waals surface area contributed by atoms with Crippen LogP contribution < -0.4 is 0 Å². The fourth-order valence-corrected chi connectivity index (χ4v) is 2.63. The van der Waals surface area contributed by atoms with Gasteiger partial charge in [-0.1, -0.05) is 43.7 Å². The van der Waals surface area contributed by atoms with Gasteiger partial charge in [0.1, 0.15) is 11.3 Å². The van der Waals surface area contributed by atoms with Gasteiger partial charge in [0.05, 0.1) is 6.61 Å². The van der Waals surface area contributed by atoms with Crippen LogP contribution in [0.3, 0.4) is 0 Å². The molecule has 0 radical (unpaired) electrons. The lowest BCUT2D eigenvalue weighted by molar-refractivity contribution is 0.282. The molecule has 2 heterocycles. The van der Waals surface area contributed by atoms with Crippen molar-refractivity contribution in [1.82, 2.24) is 9.38 Å². The number of aryl methyl sites for hydroxylation is 1. The zero-order valence-corrected chi connectivity index (χ0v) is 12.4. The summed E-state index contributed by atoms with van der Waals surface area (Å²) in [6, 6.07) is 11.6. The van der Waals surface area contributed by atoms with Crippen molar-refractivity contribution >= 4 is 11.5 Å². The van der Waals surface area contributed by atoms with E-state index in [0.29, 0.717) is 16.9 Å². The van der Waals surface area contributed by atoms with E-state index >= 15 is 0 Å². The summed E-state index contributed by atoms with van der Waals surface area (Å²) in [6.45, 7) is 2.01. The second kappa shape index (κ2) is 6.07. The molecule has 0 saturated carbocycles. The van der Waals surface area contributed by atoms with E-state index in [-0.39, 0.29) is 12.4 Å². The Bertz CT molecular complexity index is 807. The summed E-state index contributed by atoms with van der Waals surface area (Å²) in [7, 11) is 0. The first kappa shape index (κ1) is 14.4. The molecular formula is C17H17N3O2. The summed E-state index contributed by atoms with van der Waals surface area (Å²) in [6.07, 6.45) is 3.85. The van der Waals surface area contributed by atoms with Crippen LogP contribution >= 0.6 is 0 Å². The maximum Gasteiger partial charge on any atom is 0.209 e. The van der Waals surface area contributed by atoms with Gasteiger partial charge in [-0.15, -0.1) is 4.91 Å². The third-order valence-corrected chi connectivity index (χ3v) is 3.73. The molecule has 0 bridgehead atoms. The van der Waals surface area contributed by atoms with E-state index in [0.717, 1.165) is 18.4 Å². The number of nitroso groups, excluding NO2 is 1. The summed E-state index contributed by atoms with van der Waals surface area (Å²) in [5, 5.41) is 12.6. The first-order chi connectivity index (χ1) is 10.8. The predicted molar refractivity (Wildman–Crippen MR) is 86.0 cm³/mol. The number of fused-ring (bicyclic) bond motifs is 1. The van der Waals surface area contributed by atoms with Crippen molar-refractivity contribution in [3.8, 4) is 11.3 Å². The topological polar surface area (TPSA) is 67.0 Å². The summed E-state index contributed by atoms with van der Waals surface area (Å²) < 4.78 is 1.62. The predicted octanol–water partition coefficient (Wildman–Crippen LogP) is 3.84. The van der Waals surface area contributed by atoms with Gasteiger partial charge in [-0.3, -0.25) is 4.40 Å². The van der Waals surface area contributed by atoms with Crippen LogP contribution in [-0.2, 0) is 13.0 Å². The van der Waals surface area contributed by atoms with Crippen molar-refractivity contribution in [3.63, 3.8) is 0 Å². The maximum atomic E-state index is 11.3. The van der Waals surface area contributed by atoms with E-state index in [9.17, 15) is 10.0 Å². The average molecular weight is 295 g/mol. The van der Waals surface area contributed by atoms with E-state index < -0.39 is 0 Å². The standard InChI is InChI=1S/C17H17N3O2/c1-2-4-12-6-8-13(9-7-12)15-17(19-22)20-10-3-5-14(11-21)16(20)18-15/h3,5-10,21H,2,4,11H2,1H3. The molecule has 0 unspecified atom stereocenters. The largest absolute Gasteiger partial charge is 0.392 e. The van der Waals surface area contributed by atoms with Crippen molar-refractivity contribution in [2.75, 3.05) is 0 Å². The van der Waals surface area contributed by atoms with Crippen LogP contribution in [0.25, 0.3) is 16.9 Å². The molecule has 1 N–H and O–H groups in total. The summed E-state index contributed by atoms with van der Waals surface area (Å²) in [5.74, 6) is 0.258. The van der Waals surface area contributed by atoms with Gasteiger partial charge >= 0.3 is 0 Å². The normalized spacial score (nSPS) is 11.0. The van der Waals surface area contributed by atoms with Crippen LogP contribution in [0.4, 0.5) is 5.82 Å². The van der Waals surface area contributed by atoms with E-state index in [2.05, 4.69) is 17.1 Å². The Morgan fingerprint density at radius 1 is 1.23 bits per heavy atom. The molecule has 22 heavy (non-hydrogen) atoms. The molecule has 1 aromatic carbocycles. The number of imidazole rings is 1. The van der Waals surface area contributed by atoms with Gasteiger partial charge in [0.25, 0.3) is 0 Å². The Balaban J connectivity index is 2.15. The number of pyridine rings is 1. The number of benzene rings is 1. The molecule has 0 amide bonds. The molecule has 0 aliphatic carbocycles. The van der Waals surface area contributed by atoms with Gasteiger partial charge in [0.2, 0.25) is 5.82 Å². The highest BCUT2D eigenvalue weighted by Crippen LogP contribution is 2.32. The summed E-state index contributed by atoms with van der Waals surface area (Å²) >= 11 is 0. The summed E-state index contributed by atoms with van der Waals surface area (Å²) in [5.41, 5.74) is 3.88. The van der Waals surface area contributed by atoms with Crippen molar-refractivity contribution in [2.45, 2.75) is 26.4 Å². The minimum Gasteiger partial charge on any atom is -0.392 e. The fraction of sp³-hybridized carbons (Fsp3) is 0.235. The Morgan fingerprint density at radius 2 is 2.00 bits per heavy atom. The number of hydrogen-bond donors (Lipinski definition) is 1. The van der Waals surface area contributed by atoms with Gasteiger partial charge in [0.15, 0.2) is 0 Å². The Kier molecular flexibility index (Phi) is 3.98. The first-order valence-electron chi connectivity index (χ1n) is 7.32. The molecular weight excluding hydrogens is 278 g/mol. The lowest BCUT2D eigenvalue weighted by atomic mass is 10.1. The zero-order valence-electron chi connectivity index (χ0n) is 12.4. The molecule has 3 aromatic rings. The Morgan fingerprint density at radius 3 is 2.64 bits per heavy atom. The highest BCUT2D eigenvalue weighted by atomic mass is 16.3. The molecule has 0 fully saturated rings. The molecule has 112 valence electrons. The number of nitrogens with zero attached hydrogens (tertiary/aromatic N) is 3. The van der Waals surface area contributed by atoms with Crippen LogP contribution in [0.2, 0.25) is 0 Å². The molecule has 3 rings (SSSR count). The quantitative estimate of drug-likeness (QED) is 0.727. The van der Waals surface area contributed by atoms with Crippen LogP contribution in [-0.4, -0.2) is 14.5 Å². The minimum absolute atomic E-state index is 0.130. The molecule has 2 aromatic heterocycles. The smallest absolute Gasteiger partial charge is 0.209 e. The van der Waals surface area contributed by atoms with Gasteiger partial charge in [-0.2, -0.15) is 0 Å². The Labute approximate surface area is 128 Å². The monoisotopic (exact) mass is 295 g/mol. The zero-order chi connectivity index (χ0) is 15.5. The second-order valence-electron chi connectivity index (χ2n) is 5.21. The molecule has 0 aliphatic rings. The molecule has 5 nitrogen and oxygen atoms in total. The van der Waals surface area contributed by atoms with Gasteiger partial charge in [-0.25, -0.2) is 4.98 Å². The summed E-state index contributed by atoms with van der Waals surface area (Å²) in [4.78, 5) is 15.8. The van der Waals surface area contributed by atoms with Crippen molar-refractivity contribution in [1.29, 1.82) is 0 Å². The molecule has 0 saturated heterocycles. The molecule has 0 spiro atoms. The highest BCUT2D eigenvalue weighted by Gasteiger charge is 2.16. The van der Waals surface area contributed by atoms with Crippen molar-refractivity contribution < 1.29 is 5.11 Å². The molecule has 0 aliphatic heterocycles. The molecule has 5 heteroatoms. The van der Waals surface area contributed by atoms with Crippen LogP contribution in [0.1, 0.15) is 24.5 Å². The van der Waals surface area contributed by atoms with Gasteiger partial charge in [-0.05, 0) is 23.2 Å². The SMILES string of the molecule is CCCc1ccc(-c2nc3c(CO)cccn3c2N=O)cc1. The van der Waals surface area contributed by atoms with E-state index in [1.54, 1.807) is 22.7 Å². The second-order valence-corrected chi connectivity index (χ2v) is 5.21. The van der Waals surface area contributed by atoms with E-state index in [1.165, 1.54) is 5.56 Å². The number of aromatic nitrogens is 2. The first-order valence-corrected chi connectivity index (χ1v) is 7.32. The van der Waals surface area contributed by atoms with Crippen LogP contribution in [0.15, 0.2) is 47.8 Å². The molecule has 0 atom stereocenters. The lowest BCUT2D eigenvalue weighted by Gasteiger charge is -2.01. The van der Waals surface area contributed by atoms with Crippen molar-refractivity contribution in [2.24, 2.45) is 5.18 Å². The number of aliphatic hydroxyl groups excluding tert-OH is 1. The number of hydrogen-bond acceptors (Lipinski definition) is 4. The third-order valence-electron chi connectivity index (χ3n) is 3.73. The number of rotatable bonds is 5. The minimum atomic E-state index is -0.130. The lowest BCUT2D eigenvalue weighted by Crippen LogP contribution is -1.90. The van der Waals surface area contributed by atoms with Crippen LogP contribution in [0.5, 0.6) is 0 Å². The van der Waals surface area contributed by atoms with Gasteiger partial charge < -0.3 is 5.11 Å². The van der Waals surface area contributed by atoms with Crippen LogP contribution in [0, 0.1) is 4.91 Å². The number of aliphatic hydroxyl groups is 1. The fourth-order valence-electron chi connectivity index (χ4n) is 2.63.